The number of piperazine rings is 1. The van der Waals surface area contributed by atoms with Gasteiger partial charge in [-0.3, -0.25) is 9.59 Å². The Morgan fingerprint density at radius 3 is 2.62 bits per heavy atom. The van der Waals surface area contributed by atoms with Crippen LogP contribution >= 0.6 is 11.8 Å². The van der Waals surface area contributed by atoms with Gasteiger partial charge in [0.15, 0.2) is 0 Å². The van der Waals surface area contributed by atoms with Gasteiger partial charge in [-0.1, -0.05) is 12.8 Å². The summed E-state index contributed by atoms with van der Waals surface area (Å²) in [5.41, 5.74) is 0. The Kier molecular flexibility index (Phi) is 2.58. The Hall–Kier alpha value is -0.710. The highest BCUT2D eigenvalue weighted by Gasteiger charge is 2.44. The fourth-order valence-corrected chi connectivity index (χ4v) is 4.10. The number of hydrogen-bond acceptors (Lipinski definition) is 3. The highest BCUT2D eigenvalue weighted by molar-refractivity contribution is 7.99. The van der Waals surface area contributed by atoms with Crippen LogP contribution in [-0.2, 0) is 9.59 Å². The maximum atomic E-state index is 12.3. The minimum Gasteiger partial charge on any atom is -0.329 e. The van der Waals surface area contributed by atoms with Crippen LogP contribution in [0.15, 0.2) is 0 Å². The molecule has 88 valence electrons. The largest absolute Gasteiger partial charge is 0.329 e. The number of fused-ring (bicyclic) bond motifs is 1. The van der Waals surface area contributed by atoms with E-state index in [9.17, 15) is 9.59 Å². The molecule has 3 fully saturated rings. The van der Waals surface area contributed by atoms with Crippen LogP contribution in [0.5, 0.6) is 0 Å². The summed E-state index contributed by atoms with van der Waals surface area (Å²) in [6, 6.07) is 0.177. The molecule has 0 aromatic heterocycles. The molecular weight excluding hydrogens is 224 g/mol. The van der Waals surface area contributed by atoms with Crippen molar-refractivity contribution in [2.45, 2.75) is 37.8 Å². The van der Waals surface area contributed by atoms with Gasteiger partial charge in [-0.15, -0.1) is 11.8 Å². The summed E-state index contributed by atoms with van der Waals surface area (Å²) in [7, 11) is 0. The van der Waals surface area contributed by atoms with Crippen molar-refractivity contribution in [3.05, 3.63) is 0 Å². The molecule has 2 aliphatic heterocycles. The molecule has 4 nitrogen and oxygen atoms in total. The Balaban J connectivity index is 1.80. The predicted molar refractivity (Wildman–Crippen MR) is 61.9 cm³/mol. The van der Waals surface area contributed by atoms with Gasteiger partial charge in [0.25, 0.3) is 0 Å². The Bertz CT molecular complexity index is 328. The van der Waals surface area contributed by atoms with Gasteiger partial charge >= 0.3 is 0 Å². The summed E-state index contributed by atoms with van der Waals surface area (Å²) >= 11 is 1.69. The van der Waals surface area contributed by atoms with E-state index in [1.807, 2.05) is 4.90 Å². The van der Waals surface area contributed by atoms with Gasteiger partial charge in [0.05, 0.1) is 5.88 Å². The Labute approximate surface area is 99.3 Å². The second kappa shape index (κ2) is 3.95. The van der Waals surface area contributed by atoms with E-state index in [4.69, 9.17) is 0 Å². The monoisotopic (exact) mass is 240 g/mol. The second-order valence-electron chi connectivity index (χ2n) is 4.78. The summed E-state index contributed by atoms with van der Waals surface area (Å²) in [4.78, 5) is 27.8. The maximum absolute atomic E-state index is 12.3. The van der Waals surface area contributed by atoms with Crippen molar-refractivity contribution in [2.24, 2.45) is 0 Å². The van der Waals surface area contributed by atoms with Crippen molar-refractivity contribution in [3.63, 3.8) is 0 Å². The average Bonchev–Trinajstić information content (AvgIpc) is 2.92. The summed E-state index contributed by atoms with van der Waals surface area (Å²) in [6.45, 7) is 0.320. The molecule has 0 radical (unpaired) electrons. The molecule has 0 bridgehead atoms. The van der Waals surface area contributed by atoms with Crippen LogP contribution in [-0.4, -0.2) is 51.9 Å². The standard InChI is InChI=1S/C11H16N2O2S/c14-10-5-12(8-3-1-2-4-8)11(15)9-6-16-7-13(9)10/h8-9H,1-7H2/t9-/m0/s1. The average molecular weight is 240 g/mol. The van der Waals surface area contributed by atoms with E-state index in [0.717, 1.165) is 18.6 Å². The zero-order valence-electron chi connectivity index (χ0n) is 9.22. The lowest BCUT2D eigenvalue weighted by molar-refractivity contribution is -0.155. The molecule has 1 saturated carbocycles. The van der Waals surface area contributed by atoms with Gasteiger partial charge in [-0.25, -0.2) is 0 Å². The van der Waals surface area contributed by atoms with E-state index in [-0.39, 0.29) is 17.9 Å². The predicted octanol–water partition coefficient (Wildman–Crippen LogP) is 0.673. The van der Waals surface area contributed by atoms with Gasteiger partial charge in [-0.2, -0.15) is 0 Å². The van der Waals surface area contributed by atoms with Gasteiger partial charge < -0.3 is 9.80 Å². The third kappa shape index (κ3) is 1.52. The molecular formula is C11H16N2O2S. The van der Waals surface area contributed by atoms with Gasteiger partial charge in [0.1, 0.15) is 12.6 Å². The van der Waals surface area contributed by atoms with Crippen LogP contribution in [0.1, 0.15) is 25.7 Å². The van der Waals surface area contributed by atoms with Crippen LogP contribution in [0, 0.1) is 0 Å². The fraction of sp³-hybridized carbons (Fsp3) is 0.818. The van der Waals surface area contributed by atoms with Gasteiger partial charge in [-0.05, 0) is 12.8 Å². The van der Waals surface area contributed by atoms with E-state index >= 15 is 0 Å². The minimum absolute atomic E-state index is 0.140. The Morgan fingerprint density at radius 1 is 1.12 bits per heavy atom. The number of nitrogens with zero attached hydrogens (tertiary/aromatic N) is 2. The number of rotatable bonds is 1. The van der Waals surface area contributed by atoms with E-state index < -0.39 is 0 Å². The fourth-order valence-electron chi connectivity index (χ4n) is 2.92. The SMILES string of the molecule is O=C1[C@@H]2CSCN2C(=O)CN1C1CCCC1. The molecule has 0 aromatic rings. The lowest BCUT2D eigenvalue weighted by Crippen LogP contribution is -2.60. The molecule has 2 saturated heterocycles. The lowest BCUT2D eigenvalue weighted by atomic mass is 10.1. The van der Waals surface area contributed by atoms with Crippen LogP contribution < -0.4 is 0 Å². The highest BCUT2D eigenvalue weighted by Crippen LogP contribution is 2.31. The summed E-state index contributed by atoms with van der Waals surface area (Å²) in [5.74, 6) is 1.82. The third-order valence-electron chi connectivity index (χ3n) is 3.84. The molecule has 5 heteroatoms. The first-order chi connectivity index (χ1) is 7.77. The van der Waals surface area contributed by atoms with E-state index in [1.54, 1.807) is 16.7 Å². The smallest absolute Gasteiger partial charge is 0.246 e. The van der Waals surface area contributed by atoms with Crippen molar-refractivity contribution in [3.8, 4) is 0 Å². The summed E-state index contributed by atoms with van der Waals surface area (Å²) < 4.78 is 0. The van der Waals surface area contributed by atoms with Crippen molar-refractivity contribution in [2.75, 3.05) is 18.2 Å². The van der Waals surface area contributed by atoms with Crippen LogP contribution in [0.4, 0.5) is 0 Å². The molecule has 3 aliphatic rings. The van der Waals surface area contributed by atoms with Crippen LogP contribution in [0.25, 0.3) is 0 Å². The molecule has 0 spiro atoms. The lowest BCUT2D eigenvalue weighted by Gasteiger charge is -2.39. The topological polar surface area (TPSA) is 40.6 Å². The van der Waals surface area contributed by atoms with Crippen molar-refractivity contribution < 1.29 is 9.59 Å². The summed E-state index contributed by atoms with van der Waals surface area (Å²) in [6.07, 6.45) is 4.56. The number of carbonyl (C=O) groups is 2. The molecule has 16 heavy (non-hydrogen) atoms. The number of amides is 2. The first-order valence-electron chi connectivity index (χ1n) is 5.95. The number of hydrogen-bond donors (Lipinski definition) is 0. The normalized spacial score (nSPS) is 31.4. The van der Waals surface area contributed by atoms with Crippen LogP contribution in [0.3, 0.4) is 0 Å². The second-order valence-corrected chi connectivity index (χ2v) is 5.78. The Morgan fingerprint density at radius 2 is 1.88 bits per heavy atom. The third-order valence-corrected chi connectivity index (χ3v) is 4.85. The molecule has 2 amide bonds. The summed E-state index contributed by atoms with van der Waals surface area (Å²) in [5, 5.41) is 0. The first kappa shape index (κ1) is 10.4. The van der Waals surface area contributed by atoms with Gasteiger partial charge in [0, 0.05) is 11.8 Å². The van der Waals surface area contributed by atoms with Crippen molar-refractivity contribution >= 4 is 23.6 Å². The molecule has 1 atom stereocenters. The van der Waals surface area contributed by atoms with Crippen molar-refractivity contribution in [1.29, 1.82) is 0 Å². The van der Waals surface area contributed by atoms with E-state index in [0.29, 0.717) is 18.5 Å². The first-order valence-corrected chi connectivity index (χ1v) is 7.10. The highest BCUT2D eigenvalue weighted by atomic mass is 32.2. The van der Waals surface area contributed by atoms with E-state index in [2.05, 4.69) is 0 Å². The molecule has 0 aromatic carbocycles. The zero-order valence-corrected chi connectivity index (χ0v) is 10.0. The van der Waals surface area contributed by atoms with Gasteiger partial charge in [0.2, 0.25) is 11.8 Å². The maximum Gasteiger partial charge on any atom is 0.246 e. The molecule has 1 aliphatic carbocycles. The zero-order chi connectivity index (χ0) is 11.1. The van der Waals surface area contributed by atoms with Crippen molar-refractivity contribution in [1.82, 2.24) is 9.80 Å². The molecule has 0 unspecified atom stereocenters. The number of thioether (sulfide) groups is 1. The molecule has 0 N–H and O–H groups in total. The molecule has 2 heterocycles. The van der Waals surface area contributed by atoms with Crippen LogP contribution in [0.2, 0.25) is 0 Å². The number of carbonyl (C=O) groups excluding carboxylic acids is 2. The minimum atomic E-state index is -0.160. The quantitative estimate of drug-likeness (QED) is 0.676. The molecule has 3 rings (SSSR count). The van der Waals surface area contributed by atoms with E-state index in [1.165, 1.54) is 12.8 Å².